The lowest BCUT2D eigenvalue weighted by Gasteiger charge is -2.34. The second kappa shape index (κ2) is 5.27. The van der Waals surface area contributed by atoms with E-state index < -0.39 is 0 Å². The van der Waals surface area contributed by atoms with Gasteiger partial charge in [-0.3, -0.25) is 4.90 Å². The Hall–Kier alpha value is -0.410. The van der Waals surface area contributed by atoms with Crippen molar-refractivity contribution in [3.05, 3.63) is 0 Å². The van der Waals surface area contributed by atoms with E-state index in [1.54, 1.807) is 0 Å². The highest BCUT2D eigenvalue weighted by Crippen LogP contribution is 2.09. The number of aldehydes is 1. The molecule has 1 saturated heterocycles. The van der Waals surface area contributed by atoms with Crippen LogP contribution in [0, 0.1) is 0 Å². The highest BCUT2D eigenvalue weighted by atomic mass is 16.5. The minimum atomic E-state index is 0.527. The topological polar surface area (TPSA) is 29.5 Å². The summed E-state index contributed by atoms with van der Waals surface area (Å²) in [6.07, 6.45) is 2.75. The summed E-state index contributed by atoms with van der Waals surface area (Å²) in [7, 11) is 0. The Morgan fingerprint density at radius 2 is 2.50 bits per heavy atom. The molecule has 12 heavy (non-hydrogen) atoms. The maximum atomic E-state index is 10.2. The second-order valence-electron chi connectivity index (χ2n) is 3.13. The Morgan fingerprint density at radius 3 is 3.17 bits per heavy atom. The molecule has 1 rings (SSSR count). The van der Waals surface area contributed by atoms with Crippen LogP contribution in [0.15, 0.2) is 0 Å². The lowest BCUT2D eigenvalue weighted by Crippen LogP contribution is -2.45. The third kappa shape index (κ3) is 2.57. The molecule has 1 heterocycles. The fourth-order valence-corrected chi connectivity index (χ4v) is 1.58. The number of nitrogens with zero attached hydrogens (tertiary/aromatic N) is 1. The molecule has 0 aliphatic carbocycles. The molecule has 3 heteroatoms. The second-order valence-corrected chi connectivity index (χ2v) is 3.13. The number of hydrogen-bond donors (Lipinski definition) is 0. The molecule has 0 aromatic rings. The van der Waals surface area contributed by atoms with Crippen LogP contribution in [0.1, 0.15) is 19.8 Å². The van der Waals surface area contributed by atoms with Crippen LogP contribution >= 0.6 is 0 Å². The van der Waals surface area contributed by atoms with Crippen LogP contribution in [0.3, 0.4) is 0 Å². The number of hydrogen-bond acceptors (Lipinski definition) is 3. The number of morpholine rings is 1. The van der Waals surface area contributed by atoms with Gasteiger partial charge in [-0.2, -0.15) is 0 Å². The number of carbonyl (C=O) groups excluding carboxylic acids is 1. The van der Waals surface area contributed by atoms with Crippen molar-refractivity contribution in [2.75, 3.05) is 26.3 Å². The maximum Gasteiger partial charge on any atom is 0.121 e. The van der Waals surface area contributed by atoms with E-state index in [4.69, 9.17) is 4.74 Å². The van der Waals surface area contributed by atoms with Gasteiger partial charge in [0.2, 0.25) is 0 Å². The summed E-state index contributed by atoms with van der Waals surface area (Å²) in [5.74, 6) is 0. The Balaban J connectivity index is 2.30. The lowest BCUT2D eigenvalue weighted by molar-refractivity contribution is -0.108. The summed E-state index contributed by atoms with van der Waals surface area (Å²) in [4.78, 5) is 12.5. The summed E-state index contributed by atoms with van der Waals surface area (Å²) < 4.78 is 5.35. The average molecular weight is 171 g/mol. The van der Waals surface area contributed by atoms with E-state index in [9.17, 15) is 4.79 Å². The third-order valence-electron chi connectivity index (χ3n) is 2.35. The highest BCUT2D eigenvalue weighted by molar-refractivity contribution is 5.49. The van der Waals surface area contributed by atoms with Crippen molar-refractivity contribution in [2.45, 2.75) is 25.8 Å². The first-order valence-corrected chi connectivity index (χ1v) is 4.64. The van der Waals surface area contributed by atoms with Crippen molar-refractivity contribution in [3.8, 4) is 0 Å². The Bertz CT molecular complexity index is 138. The van der Waals surface area contributed by atoms with Crippen LogP contribution in [0.2, 0.25) is 0 Å². The SMILES string of the molecule is CCC1COCCN1CCC=O. The molecular formula is C9H17NO2. The largest absolute Gasteiger partial charge is 0.378 e. The number of rotatable bonds is 4. The van der Waals surface area contributed by atoms with Gasteiger partial charge in [-0.1, -0.05) is 6.92 Å². The van der Waals surface area contributed by atoms with Crippen LogP contribution < -0.4 is 0 Å². The minimum Gasteiger partial charge on any atom is -0.378 e. The quantitative estimate of drug-likeness (QED) is 0.583. The zero-order valence-electron chi connectivity index (χ0n) is 7.66. The van der Waals surface area contributed by atoms with E-state index in [0.29, 0.717) is 12.5 Å². The molecule has 70 valence electrons. The van der Waals surface area contributed by atoms with Crippen molar-refractivity contribution in [3.63, 3.8) is 0 Å². The predicted molar refractivity (Wildman–Crippen MR) is 47.2 cm³/mol. The molecule has 0 radical (unpaired) electrons. The zero-order valence-corrected chi connectivity index (χ0v) is 7.66. The highest BCUT2D eigenvalue weighted by Gasteiger charge is 2.20. The van der Waals surface area contributed by atoms with Crippen LogP contribution in [0.5, 0.6) is 0 Å². The van der Waals surface area contributed by atoms with Gasteiger partial charge in [-0.05, 0) is 6.42 Å². The Morgan fingerprint density at radius 1 is 1.67 bits per heavy atom. The summed E-state index contributed by atoms with van der Waals surface area (Å²) in [6, 6.07) is 0.527. The van der Waals surface area contributed by atoms with E-state index in [1.165, 1.54) is 0 Å². The molecule has 0 spiro atoms. The summed E-state index contributed by atoms with van der Waals surface area (Å²) in [5.41, 5.74) is 0. The molecule has 1 unspecified atom stereocenters. The van der Waals surface area contributed by atoms with Gasteiger partial charge in [0.15, 0.2) is 0 Å². The first kappa shape index (κ1) is 9.68. The maximum absolute atomic E-state index is 10.2. The van der Waals surface area contributed by atoms with E-state index in [1.807, 2.05) is 0 Å². The van der Waals surface area contributed by atoms with E-state index in [-0.39, 0.29) is 0 Å². The fraction of sp³-hybridized carbons (Fsp3) is 0.889. The summed E-state index contributed by atoms with van der Waals surface area (Å²) >= 11 is 0. The molecule has 1 aliphatic heterocycles. The van der Waals surface area contributed by atoms with Crippen LogP contribution in [0.4, 0.5) is 0 Å². The standard InChI is InChI=1S/C9H17NO2/c1-2-9-8-12-7-5-10(9)4-3-6-11/h6,9H,2-5,7-8H2,1H3. The van der Waals surface area contributed by atoms with Crippen molar-refractivity contribution < 1.29 is 9.53 Å². The average Bonchev–Trinajstić information content (AvgIpc) is 2.15. The lowest BCUT2D eigenvalue weighted by atomic mass is 10.1. The van der Waals surface area contributed by atoms with Gasteiger partial charge in [0.1, 0.15) is 6.29 Å². The molecule has 0 saturated carbocycles. The molecule has 0 amide bonds. The zero-order chi connectivity index (χ0) is 8.81. The molecule has 1 aliphatic rings. The fourth-order valence-electron chi connectivity index (χ4n) is 1.58. The van der Waals surface area contributed by atoms with Gasteiger partial charge in [-0.25, -0.2) is 0 Å². The molecule has 1 atom stereocenters. The van der Waals surface area contributed by atoms with Gasteiger partial charge in [0.25, 0.3) is 0 Å². The Labute approximate surface area is 73.7 Å². The molecule has 3 nitrogen and oxygen atoms in total. The minimum absolute atomic E-state index is 0.527. The van der Waals surface area contributed by atoms with Gasteiger partial charge in [-0.15, -0.1) is 0 Å². The van der Waals surface area contributed by atoms with Gasteiger partial charge < -0.3 is 9.53 Å². The molecule has 0 bridgehead atoms. The monoisotopic (exact) mass is 171 g/mol. The van der Waals surface area contributed by atoms with Crippen molar-refractivity contribution in [2.24, 2.45) is 0 Å². The third-order valence-corrected chi connectivity index (χ3v) is 2.35. The van der Waals surface area contributed by atoms with E-state index >= 15 is 0 Å². The van der Waals surface area contributed by atoms with Gasteiger partial charge >= 0.3 is 0 Å². The molecule has 0 aromatic heterocycles. The first-order valence-electron chi connectivity index (χ1n) is 4.64. The van der Waals surface area contributed by atoms with Crippen molar-refractivity contribution in [1.82, 2.24) is 4.90 Å². The predicted octanol–water partition coefficient (Wildman–Crippen LogP) is 0.686. The van der Waals surface area contributed by atoms with Crippen molar-refractivity contribution >= 4 is 6.29 Å². The molecule has 0 aromatic carbocycles. The van der Waals surface area contributed by atoms with Crippen LogP contribution in [0.25, 0.3) is 0 Å². The van der Waals surface area contributed by atoms with Crippen LogP contribution in [-0.2, 0) is 9.53 Å². The van der Waals surface area contributed by atoms with E-state index in [0.717, 1.165) is 39.0 Å². The van der Waals surface area contributed by atoms with Gasteiger partial charge in [0.05, 0.1) is 13.2 Å². The first-order chi connectivity index (χ1) is 5.88. The van der Waals surface area contributed by atoms with Gasteiger partial charge in [0, 0.05) is 25.6 Å². The van der Waals surface area contributed by atoms with Crippen LogP contribution in [-0.4, -0.2) is 43.5 Å². The van der Waals surface area contributed by atoms with Crippen molar-refractivity contribution in [1.29, 1.82) is 0 Å². The molecule has 0 N–H and O–H groups in total. The van der Waals surface area contributed by atoms with E-state index in [2.05, 4.69) is 11.8 Å². The Kier molecular flexibility index (Phi) is 4.25. The molecule has 1 fully saturated rings. The normalized spacial score (nSPS) is 25.6. The number of ether oxygens (including phenoxy) is 1. The smallest absolute Gasteiger partial charge is 0.121 e. The summed E-state index contributed by atoms with van der Waals surface area (Å²) in [6.45, 7) is 5.68. The summed E-state index contributed by atoms with van der Waals surface area (Å²) in [5, 5.41) is 0. The number of carbonyl (C=O) groups is 1. The molecular weight excluding hydrogens is 154 g/mol.